The molecule has 1 aromatic carbocycles. The minimum Gasteiger partial charge on any atom is -0.491 e. The molecule has 2 atom stereocenters. The second-order valence-corrected chi connectivity index (χ2v) is 6.80. The minimum absolute atomic E-state index is 0.0536. The van der Waals surface area contributed by atoms with Crippen LogP contribution in [-0.2, 0) is 16.1 Å². The van der Waals surface area contributed by atoms with Crippen molar-refractivity contribution in [1.82, 2.24) is 10.6 Å². The molecule has 1 fully saturated rings. The van der Waals surface area contributed by atoms with Crippen molar-refractivity contribution in [3.05, 3.63) is 29.8 Å². The number of para-hydroxylation sites is 1. The van der Waals surface area contributed by atoms with E-state index in [0.29, 0.717) is 5.92 Å². The molecule has 0 saturated heterocycles. The Morgan fingerprint density at radius 3 is 2.58 bits per heavy atom. The molecule has 132 valence electrons. The molecule has 0 aliphatic heterocycles. The molecular formula is C19H28N2O3. The van der Waals surface area contributed by atoms with E-state index in [2.05, 4.69) is 17.6 Å². The van der Waals surface area contributed by atoms with Gasteiger partial charge in [0.1, 0.15) is 5.75 Å². The number of carbonyl (C=O) groups excluding carboxylic acids is 2. The maximum absolute atomic E-state index is 12.1. The lowest BCUT2D eigenvalue weighted by Crippen LogP contribution is -2.47. The third-order valence-corrected chi connectivity index (χ3v) is 4.41. The van der Waals surface area contributed by atoms with Gasteiger partial charge in [-0.05, 0) is 38.7 Å². The molecule has 1 aliphatic carbocycles. The highest BCUT2D eigenvalue weighted by molar-refractivity contribution is 6.35. The van der Waals surface area contributed by atoms with Crippen molar-refractivity contribution in [3.63, 3.8) is 0 Å². The fourth-order valence-electron chi connectivity index (χ4n) is 3.04. The smallest absolute Gasteiger partial charge is 0.309 e. The van der Waals surface area contributed by atoms with Crippen molar-refractivity contribution < 1.29 is 14.3 Å². The summed E-state index contributed by atoms with van der Waals surface area (Å²) in [6.45, 7) is 6.30. The van der Waals surface area contributed by atoms with Crippen LogP contribution in [0, 0.1) is 5.92 Å². The first-order valence-corrected chi connectivity index (χ1v) is 8.80. The zero-order chi connectivity index (χ0) is 17.5. The predicted molar refractivity (Wildman–Crippen MR) is 93.6 cm³/mol. The van der Waals surface area contributed by atoms with Gasteiger partial charge in [-0.1, -0.05) is 38.0 Å². The average Bonchev–Trinajstić information content (AvgIpc) is 2.55. The second-order valence-electron chi connectivity index (χ2n) is 6.80. The molecule has 0 unspecified atom stereocenters. The first-order chi connectivity index (χ1) is 11.5. The third-order valence-electron chi connectivity index (χ3n) is 4.41. The summed E-state index contributed by atoms with van der Waals surface area (Å²) in [6.07, 6.45) is 4.42. The van der Waals surface area contributed by atoms with E-state index in [-0.39, 0.29) is 18.7 Å². The molecule has 2 amide bonds. The Hall–Kier alpha value is -2.04. The topological polar surface area (TPSA) is 67.4 Å². The van der Waals surface area contributed by atoms with Gasteiger partial charge in [-0.25, -0.2) is 0 Å². The Balaban J connectivity index is 1.87. The number of hydrogen-bond acceptors (Lipinski definition) is 3. The van der Waals surface area contributed by atoms with Gasteiger partial charge < -0.3 is 15.4 Å². The van der Waals surface area contributed by atoms with E-state index in [0.717, 1.165) is 30.6 Å². The SMILES string of the molecule is CC(C)Oc1ccccc1CNC(=O)C(=O)N[C@H]1CCCC[C@@H]1C. The largest absolute Gasteiger partial charge is 0.491 e. The monoisotopic (exact) mass is 332 g/mol. The van der Waals surface area contributed by atoms with Crippen LogP contribution in [0.4, 0.5) is 0 Å². The molecule has 1 aliphatic rings. The van der Waals surface area contributed by atoms with Crippen molar-refractivity contribution in [1.29, 1.82) is 0 Å². The highest BCUT2D eigenvalue weighted by Gasteiger charge is 2.25. The van der Waals surface area contributed by atoms with Gasteiger partial charge >= 0.3 is 11.8 Å². The van der Waals surface area contributed by atoms with Crippen molar-refractivity contribution in [2.24, 2.45) is 5.92 Å². The predicted octanol–water partition coefficient (Wildman–Crippen LogP) is 2.78. The second kappa shape index (κ2) is 8.71. The fourth-order valence-corrected chi connectivity index (χ4v) is 3.04. The average molecular weight is 332 g/mol. The Labute approximate surface area is 144 Å². The van der Waals surface area contributed by atoms with E-state index in [1.165, 1.54) is 6.42 Å². The molecule has 1 saturated carbocycles. The van der Waals surface area contributed by atoms with E-state index < -0.39 is 11.8 Å². The van der Waals surface area contributed by atoms with Crippen LogP contribution in [0.2, 0.25) is 0 Å². The summed E-state index contributed by atoms with van der Waals surface area (Å²) in [6, 6.07) is 7.64. The van der Waals surface area contributed by atoms with Crippen LogP contribution in [0.15, 0.2) is 24.3 Å². The molecule has 1 aromatic rings. The molecule has 24 heavy (non-hydrogen) atoms. The van der Waals surface area contributed by atoms with E-state index in [1.807, 2.05) is 38.1 Å². The maximum atomic E-state index is 12.1. The van der Waals surface area contributed by atoms with Crippen LogP contribution < -0.4 is 15.4 Å². The van der Waals surface area contributed by atoms with Crippen LogP contribution in [0.25, 0.3) is 0 Å². The molecule has 0 aromatic heterocycles. The summed E-state index contributed by atoms with van der Waals surface area (Å²) in [5, 5.41) is 5.56. The van der Waals surface area contributed by atoms with Gasteiger partial charge in [0.2, 0.25) is 0 Å². The third kappa shape index (κ3) is 5.25. The summed E-state index contributed by atoms with van der Waals surface area (Å²) in [5.41, 5.74) is 0.860. The van der Waals surface area contributed by atoms with Gasteiger partial charge in [-0.2, -0.15) is 0 Å². The number of nitrogens with one attached hydrogen (secondary N) is 2. The van der Waals surface area contributed by atoms with Gasteiger partial charge in [0.05, 0.1) is 6.10 Å². The highest BCUT2D eigenvalue weighted by atomic mass is 16.5. The van der Waals surface area contributed by atoms with E-state index in [9.17, 15) is 9.59 Å². The normalized spacial score (nSPS) is 20.5. The Bertz CT molecular complexity index is 571. The van der Waals surface area contributed by atoms with Crippen molar-refractivity contribution in [2.75, 3.05) is 0 Å². The van der Waals surface area contributed by atoms with E-state index in [4.69, 9.17) is 4.74 Å². The van der Waals surface area contributed by atoms with E-state index >= 15 is 0 Å². The zero-order valence-corrected chi connectivity index (χ0v) is 14.8. The molecular weight excluding hydrogens is 304 g/mol. The molecule has 2 rings (SSSR count). The van der Waals surface area contributed by atoms with Crippen molar-refractivity contribution in [3.8, 4) is 5.75 Å². The van der Waals surface area contributed by atoms with Crippen molar-refractivity contribution in [2.45, 2.75) is 65.1 Å². The zero-order valence-electron chi connectivity index (χ0n) is 14.8. The summed E-state index contributed by atoms with van der Waals surface area (Å²) < 4.78 is 5.72. The minimum atomic E-state index is -0.591. The first-order valence-electron chi connectivity index (χ1n) is 8.80. The molecule has 5 heteroatoms. The van der Waals surface area contributed by atoms with Crippen LogP contribution >= 0.6 is 0 Å². The standard InChI is InChI=1S/C19H28N2O3/c1-13(2)24-17-11-7-5-9-15(17)12-20-18(22)19(23)21-16-10-6-4-8-14(16)3/h5,7,9,11,13-14,16H,4,6,8,10,12H2,1-3H3,(H,20,22)(H,21,23)/t14-,16-/m0/s1. The van der Waals surface area contributed by atoms with Gasteiger partial charge in [-0.15, -0.1) is 0 Å². The van der Waals surface area contributed by atoms with Crippen molar-refractivity contribution >= 4 is 11.8 Å². The molecule has 5 nitrogen and oxygen atoms in total. The molecule has 2 N–H and O–H groups in total. The van der Waals surface area contributed by atoms with Crippen LogP contribution in [0.3, 0.4) is 0 Å². The summed E-state index contributed by atoms with van der Waals surface area (Å²) >= 11 is 0. The molecule has 0 radical (unpaired) electrons. The number of hydrogen-bond donors (Lipinski definition) is 2. The lowest BCUT2D eigenvalue weighted by molar-refractivity contribution is -0.140. The number of rotatable bonds is 5. The quantitative estimate of drug-likeness (QED) is 0.815. The van der Waals surface area contributed by atoms with Gasteiger partial charge in [0, 0.05) is 18.2 Å². The molecule has 0 spiro atoms. The van der Waals surface area contributed by atoms with Gasteiger partial charge in [-0.3, -0.25) is 9.59 Å². The molecule has 0 bridgehead atoms. The van der Waals surface area contributed by atoms with Crippen LogP contribution in [0.1, 0.15) is 52.0 Å². The summed E-state index contributed by atoms with van der Waals surface area (Å²) in [7, 11) is 0. The van der Waals surface area contributed by atoms with E-state index in [1.54, 1.807) is 0 Å². The van der Waals surface area contributed by atoms with Gasteiger partial charge in [0.25, 0.3) is 0 Å². The Morgan fingerprint density at radius 2 is 1.88 bits per heavy atom. The maximum Gasteiger partial charge on any atom is 0.309 e. The summed E-state index contributed by atoms with van der Waals surface area (Å²) in [5.74, 6) is 0.0212. The molecule has 0 heterocycles. The summed E-state index contributed by atoms with van der Waals surface area (Å²) in [4.78, 5) is 24.2. The van der Waals surface area contributed by atoms with Crippen LogP contribution in [0.5, 0.6) is 5.75 Å². The van der Waals surface area contributed by atoms with Crippen LogP contribution in [-0.4, -0.2) is 24.0 Å². The fraction of sp³-hybridized carbons (Fsp3) is 0.579. The first kappa shape index (κ1) is 18.3. The highest BCUT2D eigenvalue weighted by Crippen LogP contribution is 2.23. The lowest BCUT2D eigenvalue weighted by Gasteiger charge is -2.29. The number of ether oxygens (including phenoxy) is 1. The number of carbonyl (C=O) groups is 2. The number of amides is 2. The Morgan fingerprint density at radius 1 is 1.17 bits per heavy atom. The Kier molecular flexibility index (Phi) is 6.64. The lowest BCUT2D eigenvalue weighted by atomic mass is 9.86. The number of benzene rings is 1. The van der Waals surface area contributed by atoms with Gasteiger partial charge in [0.15, 0.2) is 0 Å².